The van der Waals surface area contributed by atoms with Gasteiger partial charge in [-0.15, -0.1) is 0 Å². The molecule has 0 spiro atoms. The van der Waals surface area contributed by atoms with Crippen molar-refractivity contribution in [3.63, 3.8) is 0 Å². The van der Waals surface area contributed by atoms with E-state index in [0.29, 0.717) is 13.1 Å². The molecule has 0 aromatic heterocycles. The molecule has 6 heteroatoms. The number of nitrogens with zero attached hydrogens (tertiary/aromatic N) is 2. The van der Waals surface area contributed by atoms with Gasteiger partial charge in [0.15, 0.2) is 0 Å². The first-order chi connectivity index (χ1) is 14.6. The molecule has 168 valence electrons. The van der Waals surface area contributed by atoms with Crippen molar-refractivity contribution in [3.05, 3.63) is 70.3 Å². The first-order valence-corrected chi connectivity index (χ1v) is 10.1. The zero-order valence-corrected chi connectivity index (χ0v) is 19.9. The number of methoxy groups -OCH3 is 1. The predicted molar refractivity (Wildman–Crippen MR) is 126 cm³/mol. The Labute approximate surface area is 185 Å². The summed E-state index contributed by atoms with van der Waals surface area (Å²) in [5, 5.41) is 8.39. The molecule has 0 bridgehead atoms. The molecule has 0 N–H and O–H groups in total. The lowest BCUT2D eigenvalue weighted by Crippen LogP contribution is -2.12. The van der Waals surface area contributed by atoms with Gasteiger partial charge in [0.05, 0.1) is 18.5 Å². The van der Waals surface area contributed by atoms with E-state index in [1.165, 1.54) is 12.7 Å². The van der Waals surface area contributed by atoms with Crippen molar-refractivity contribution in [2.75, 3.05) is 14.2 Å². The van der Waals surface area contributed by atoms with Crippen LogP contribution in [-0.4, -0.2) is 32.1 Å². The van der Waals surface area contributed by atoms with Gasteiger partial charge in [-0.05, 0) is 48.9 Å². The molecule has 0 aliphatic rings. The molecule has 0 radical (unpaired) electrons. The molecule has 6 nitrogen and oxygen atoms in total. The number of hydrogen-bond acceptors (Lipinski definition) is 6. The fourth-order valence-electron chi connectivity index (χ4n) is 2.88. The van der Waals surface area contributed by atoms with Gasteiger partial charge < -0.3 is 14.4 Å². The monoisotopic (exact) mass is 426 g/mol. The van der Waals surface area contributed by atoms with Gasteiger partial charge in [-0.3, -0.25) is 4.79 Å². The normalized spacial score (nSPS) is 11.9. The van der Waals surface area contributed by atoms with Crippen LogP contribution in [0, 0.1) is 6.92 Å². The SMILES string of the molecule is CO/N=C(/C)c1cccc(C)c1CO/N=C(\C)c1cccc(C(C)(C)C)c1.COC=O. The van der Waals surface area contributed by atoms with Crippen molar-refractivity contribution >= 4 is 17.9 Å². The maximum atomic E-state index is 8.95. The molecule has 0 aliphatic carbocycles. The highest BCUT2D eigenvalue weighted by Gasteiger charge is 2.14. The molecular weight excluding hydrogens is 392 g/mol. The average Bonchev–Trinajstić information content (AvgIpc) is 2.74. The molecule has 0 unspecified atom stereocenters. The second kappa shape index (κ2) is 12.5. The van der Waals surface area contributed by atoms with Gasteiger partial charge in [-0.2, -0.15) is 0 Å². The van der Waals surface area contributed by atoms with Gasteiger partial charge in [0, 0.05) is 11.1 Å². The summed E-state index contributed by atoms with van der Waals surface area (Å²) in [4.78, 5) is 19.6. The minimum atomic E-state index is 0.103. The quantitative estimate of drug-likeness (QED) is 0.338. The van der Waals surface area contributed by atoms with Crippen LogP contribution in [0.4, 0.5) is 0 Å². The van der Waals surface area contributed by atoms with E-state index in [1.807, 2.05) is 26.0 Å². The molecular formula is C25H34N2O4. The summed E-state index contributed by atoms with van der Waals surface area (Å²) in [7, 11) is 2.86. The Kier molecular flexibility index (Phi) is 10.5. The molecule has 0 saturated heterocycles. The highest BCUT2D eigenvalue weighted by Crippen LogP contribution is 2.23. The summed E-state index contributed by atoms with van der Waals surface area (Å²) in [6, 6.07) is 14.5. The molecule has 0 aliphatic heterocycles. The zero-order valence-electron chi connectivity index (χ0n) is 19.9. The average molecular weight is 427 g/mol. The predicted octanol–water partition coefficient (Wildman–Crippen LogP) is 5.39. The van der Waals surface area contributed by atoms with E-state index in [9.17, 15) is 0 Å². The zero-order chi connectivity index (χ0) is 23.4. The number of carbonyl (C=O) groups excluding carboxylic acids is 1. The first-order valence-electron chi connectivity index (χ1n) is 10.1. The second-order valence-corrected chi connectivity index (χ2v) is 8.07. The topological polar surface area (TPSA) is 69.5 Å². The number of hydrogen-bond donors (Lipinski definition) is 0. The maximum absolute atomic E-state index is 8.95. The lowest BCUT2D eigenvalue weighted by molar-refractivity contribution is -0.126. The third-order valence-corrected chi connectivity index (χ3v) is 4.68. The number of benzene rings is 2. The molecule has 0 fully saturated rings. The van der Waals surface area contributed by atoms with E-state index < -0.39 is 0 Å². The molecule has 2 aromatic carbocycles. The van der Waals surface area contributed by atoms with E-state index in [4.69, 9.17) is 14.5 Å². The number of rotatable bonds is 7. The van der Waals surface area contributed by atoms with Crippen molar-refractivity contribution in [2.24, 2.45) is 10.3 Å². The Morgan fingerprint density at radius 3 is 2.23 bits per heavy atom. The Hall–Kier alpha value is -3.15. The first kappa shape index (κ1) is 25.9. The van der Waals surface area contributed by atoms with E-state index in [-0.39, 0.29) is 5.41 Å². The third kappa shape index (κ3) is 8.24. The van der Waals surface area contributed by atoms with E-state index in [1.54, 1.807) is 7.11 Å². The Morgan fingerprint density at radius 2 is 1.65 bits per heavy atom. The maximum Gasteiger partial charge on any atom is 0.292 e. The minimum Gasteiger partial charge on any atom is -0.471 e. The van der Waals surface area contributed by atoms with E-state index in [0.717, 1.165) is 33.7 Å². The summed E-state index contributed by atoms with van der Waals surface area (Å²) in [6.45, 7) is 13.3. The molecule has 0 saturated carbocycles. The van der Waals surface area contributed by atoms with Crippen LogP contribution in [0.2, 0.25) is 0 Å². The Balaban J connectivity index is 0.00000110. The third-order valence-electron chi connectivity index (χ3n) is 4.68. The summed E-state index contributed by atoms with van der Waals surface area (Å²) < 4.78 is 3.86. The number of ether oxygens (including phenoxy) is 1. The Morgan fingerprint density at radius 1 is 1.00 bits per heavy atom. The van der Waals surface area contributed by atoms with Crippen LogP contribution in [0.15, 0.2) is 52.8 Å². The number of carbonyl (C=O) groups is 1. The van der Waals surface area contributed by atoms with Crippen molar-refractivity contribution in [2.45, 2.75) is 53.6 Å². The molecule has 31 heavy (non-hydrogen) atoms. The smallest absolute Gasteiger partial charge is 0.292 e. The van der Waals surface area contributed by atoms with Crippen LogP contribution >= 0.6 is 0 Å². The van der Waals surface area contributed by atoms with Gasteiger partial charge in [-0.25, -0.2) is 0 Å². The lowest BCUT2D eigenvalue weighted by atomic mass is 9.86. The van der Waals surface area contributed by atoms with Crippen molar-refractivity contribution in [1.82, 2.24) is 0 Å². The van der Waals surface area contributed by atoms with Gasteiger partial charge in [0.2, 0.25) is 0 Å². The van der Waals surface area contributed by atoms with Crippen molar-refractivity contribution < 1.29 is 19.2 Å². The lowest BCUT2D eigenvalue weighted by Gasteiger charge is -2.19. The highest BCUT2D eigenvalue weighted by molar-refractivity contribution is 6.00. The van der Waals surface area contributed by atoms with Gasteiger partial charge in [0.25, 0.3) is 6.47 Å². The summed E-state index contributed by atoms with van der Waals surface area (Å²) >= 11 is 0. The van der Waals surface area contributed by atoms with E-state index in [2.05, 4.69) is 73.1 Å². The van der Waals surface area contributed by atoms with Crippen molar-refractivity contribution in [1.29, 1.82) is 0 Å². The van der Waals surface area contributed by atoms with Crippen LogP contribution < -0.4 is 0 Å². The molecule has 0 heterocycles. The summed E-state index contributed by atoms with van der Waals surface area (Å²) in [5.41, 5.74) is 7.35. The molecule has 0 amide bonds. The Bertz CT molecular complexity index is 912. The summed E-state index contributed by atoms with van der Waals surface area (Å²) in [5.74, 6) is 0. The van der Waals surface area contributed by atoms with Crippen LogP contribution in [-0.2, 0) is 31.2 Å². The second-order valence-electron chi connectivity index (χ2n) is 8.07. The van der Waals surface area contributed by atoms with Gasteiger partial charge in [-0.1, -0.05) is 67.5 Å². The van der Waals surface area contributed by atoms with Gasteiger partial charge >= 0.3 is 0 Å². The van der Waals surface area contributed by atoms with Gasteiger partial charge in [0.1, 0.15) is 13.7 Å². The standard InChI is InChI=1S/C23H30N2O2.C2H4O2/c1-16-10-8-13-21(18(3)24-26-7)22(16)15-27-25-17(2)19-11-9-12-20(14-19)23(4,5)6;1-4-2-3/h8-14H,15H2,1-7H3;2H,1H3/b24-18-,25-17+;. The van der Waals surface area contributed by atoms with Crippen LogP contribution in [0.25, 0.3) is 0 Å². The van der Waals surface area contributed by atoms with Crippen LogP contribution in [0.5, 0.6) is 0 Å². The van der Waals surface area contributed by atoms with Crippen LogP contribution in [0.3, 0.4) is 0 Å². The number of aryl methyl sites for hydroxylation is 1. The fraction of sp³-hybridized carbons (Fsp3) is 0.400. The highest BCUT2D eigenvalue weighted by atomic mass is 16.6. The molecule has 0 atom stereocenters. The fourth-order valence-corrected chi connectivity index (χ4v) is 2.88. The van der Waals surface area contributed by atoms with Crippen molar-refractivity contribution in [3.8, 4) is 0 Å². The van der Waals surface area contributed by atoms with Crippen LogP contribution in [0.1, 0.15) is 62.4 Å². The van der Waals surface area contributed by atoms with E-state index >= 15 is 0 Å². The molecule has 2 rings (SSSR count). The minimum absolute atomic E-state index is 0.103. The summed E-state index contributed by atoms with van der Waals surface area (Å²) in [6.07, 6.45) is 0. The molecule has 2 aromatic rings. The number of oxime groups is 2. The largest absolute Gasteiger partial charge is 0.471 e.